The van der Waals surface area contributed by atoms with Crippen LogP contribution in [0.3, 0.4) is 0 Å². The molecule has 4 rings (SSSR count). The summed E-state index contributed by atoms with van der Waals surface area (Å²) in [5.41, 5.74) is 5.17. The van der Waals surface area contributed by atoms with Crippen LogP contribution in [0, 0.1) is 15.2 Å². The Bertz CT molecular complexity index is 1270. The van der Waals surface area contributed by atoms with E-state index < -0.39 is 33.0 Å². The number of hydrogen-bond acceptors (Lipinski definition) is 7. The molecule has 1 aliphatic heterocycles. The van der Waals surface area contributed by atoms with Gasteiger partial charge in [0.2, 0.25) is 15.8 Å². The number of carbonyl (C=O) groups is 1. The zero-order chi connectivity index (χ0) is 23.8. The molecule has 3 N–H and O–H groups in total. The Morgan fingerprint density at radius 1 is 1.12 bits per heavy atom. The first kappa shape index (κ1) is 24.0. The van der Waals surface area contributed by atoms with E-state index in [1.165, 1.54) is 10.4 Å². The maximum atomic E-state index is 14.0. The summed E-state index contributed by atoms with van der Waals surface area (Å²) in [6.45, 7) is 0.637. The van der Waals surface area contributed by atoms with Crippen molar-refractivity contribution in [3.63, 3.8) is 0 Å². The molecular formula is C21H19F2IN4O3S2. The molecule has 1 aliphatic rings. The second-order valence-electron chi connectivity index (χ2n) is 7.44. The smallest absolute Gasteiger partial charge is 0.243 e. The molecule has 0 amide bonds. The van der Waals surface area contributed by atoms with Gasteiger partial charge in [0.05, 0.1) is 10.5 Å². The Morgan fingerprint density at radius 2 is 1.73 bits per heavy atom. The van der Waals surface area contributed by atoms with Crippen molar-refractivity contribution in [1.29, 1.82) is 0 Å². The van der Waals surface area contributed by atoms with Crippen molar-refractivity contribution in [1.82, 2.24) is 9.29 Å². The molecule has 174 valence electrons. The van der Waals surface area contributed by atoms with E-state index in [-0.39, 0.29) is 21.6 Å². The van der Waals surface area contributed by atoms with Gasteiger partial charge in [0.1, 0.15) is 22.3 Å². The normalized spacial score (nSPS) is 15.5. The number of sulfonamides is 1. The van der Waals surface area contributed by atoms with Crippen molar-refractivity contribution in [3.8, 4) is 0 Å². The van der Waals surface area contributed by atoms with Gasteiger partial charge in [-0.25, -0.2) is 22.2 Å². The lowest BCUT2D eigenvalue weighted by atomic mass is 10.1. The summed E-state index contributed by atoms with van der Waals surface area (Å²) in [6.07, 6.45) is 1.04. The van der Waals surface area contributed by atoms with Gasteiger partial charge >= 0.3 is 0 Å². The molecule has 0 aliphatic carbocycles. The third kappa shape index (κ3) is 5.03. The summed E-state index contributed by atoms with van der Waals surface area (Å²) >= 11 is 3.03. The fourth-order valence-electron chi connectivity index (χ4n) is 3.56. The third-order valence-corrected chi connectivity index (χ3v) is 8.92. The van der Waals surface area contributed by atoms with Crippen molar-refractivity contribution in [2.75, 3.05) is 24.1 Å². The van der Waals surface area contributed by atoms with Crippen LogP contribution >= 0.6 is 33.9 Å². The maximum absolute atomic E-state index is 14.0. The highest BCUT2D eigenvalue weighted by molar-refractivity contribution is 14.1. The van der Waals surface area contributed by atoms with E-state index in [9.17, 15) is 22.0 Å². The van der Waals surface area contributed by atoms with Crippen molar-refractivity contribution >= 4 is 60.7 Å². The molecule has 1 aromatic heterocycles. The molecule has 0 atom stereocenters. The molecule has 33 heavy (non-hydrogen) atoms. The van der Waals surface area contributed by atoms with Crippen LogP contribution in [0.25, 0.3) is 0 Å². The number of ketones is 1. The summed E-state index contributed by atoms with van der Waals surface area (Å²) in [4.78, 5) is 17.0. The van der Waals surface area contributed by atoms with Crippen LogP contribution in [0.2, 0.25) is 0 Å². The quantitative estimate of drug-likeness (QED) is 0.325. The second-order valence-corrected chi connectivity index (χ2v) is 11.6. The Morgan fingerprint density at radius 3 is 2.33 bits per heavy atom. The minimum atomic E-state index is -3.57. The topological polar surface area (TPSA) is 105 Å². The van der Waals surface area contributed by atoms with Crippen LogP contribution in [0.5, 0.6) is 0 Å². The van der Waals surface area contributed by atoms with E-state index >= 15 is 0 Å². The Labute approximate surface area is 207 Å². The Kier molecular flexibility index (Phi) is 6.98. The minimum Gasteiger partial charge on any atom is -0.382 e. The number of aromatic nitrogens is 1. The molecule has 2 aromatic carbocycles. The van der Waals surface area contributed by atoms with E-state index in [4.69, 9.17) is 5.73 Å². The molecular weight excluding hydrogens is 585 g/mol. The van der Waals surface area contributed by atoms with Gasteiger partial charge in [-0.05, 0) is 71.8 Å². The van der Waals surface area contributed by atoms with Crippen molar-refractivity contribution in [2.24, 2.45) is 0 Å². The highest BCUT2D eigenvalue weighted by Crippen LogP contribution is 2.31. The van der Waals surface area contributed by atoms with Crippen molar-refractivity contribution in [2.45, 2.75) is 23.8 Å². The number of hydrogen-bond donors (Lipinski definition) is 2. The highest BCUT2D eigenvalue weighted by Gasteiger charge is 2.30. The van der Waals surface area contributed by atoms with Gasteiger partial charge in [0.25, 0.3) is 0 Å². The van der Waals surface area contributed by atoms with Gasteiger partial charge in [-0.15, -0.1) is 0 Å². The zero-order valence-electron chi connectivity index (χ0n) is 17.1. The molecule has 0 spiro atoms. The van der Waals surface area contributed by atoms with Gasteiger partial charge in [-0.3, -0.25) is 4.79 Å². The molecule has 0 bridgehead atoms. The van der Waals surface area contributed by atoms with E-state index in [1.54, 1.807) is 24.3 Å². The van der Waals surface area contributed by atoms with Crippen molar-refractivity contribution < 1.29 is 22.0 Å². The average molecular weight is 604 g/mol. The van der Waals surface area contributed by atoms with Gasteiger partial charge in [0.15, 0.2) is 5.13 Å². The fraction of sp³-hybridized carbons (Fsp3) is 0.238. The van der Waals surface area contributed by atoms with E-state index in [2.05, 4.69) is 32.9 Å². The molecule has 0 radical (unpaired) electrons. The number of nitrogens with zero attached hydrogens (tertiary/aromatic N) is 2. The third-order valence-electron chi connectivity index (χ3n) is 5.28. The Hall–Kier alpha value is -2.16. The number of rotatable bonds is 6. The summed E-state index contributed by atoms with van der Waals surface area (Å²) in [6, 6.07) is 9.78. The molecule has 1 saturated heterocycles. The number of piperidine rings is 1. The van der Waals surface area contributed by atoms with Gasteiger partial charge in [-0.2, -0.15) is 4.31 Å². The number of carbonyl (C=O) groups excluding carboxylic acids is 1. The van der Waals surface area contributed by atoms with Crippen LogP contribution in [0.1, 0.15) is 28.1 Å². The molecule has 2 heterocycles. The van der Waals surface area contributed by atoms with Crippen LogP contribution in [-0.2, 0) is 10.0 Å². The highest BCUT2D eigenvalue weighted by atomic mass is 127. The number of nitrogen functional groups attached to an aromatic ring is 1. The number of anilines is 2. The first-order chi connectivity index (χ1) is 15.7. The number of nitrogens with two attached hydrogens (primary N) is 1. The standard InChI is InChI=1S/C21H19F2IN4O3S2/c22-15-2-1-3-16(23)17(15)18(29)19-20(25)27-21(32-19)26-13-8-10-28(11-9-13)33(30,31)14-6-4-12(24)5-7-14/h1-7,13H,8-11,25H2,(H,26,27). The lowest BCUT2D eigenvalue weighted by Gasteiger charge is -2.31. The monoisotopic (exact) mass is 604 g/mol. The van der Waals surface area contributed by atoms with Gasteiger partial charge in [-0.1, -0.05) is 17.4 Å². The number of benzene rings is 2. The summed E-state index contributed by atoms with van der Waals surface area (Å²) in [7, 11) is -3.57. The first-order valence-electron chi connectivity index (χ1n) is 9.94. The summed E-state index contributed by atoms with van der Waals surface area (Å²) in [5.74, 6) is -2.92. The molecule has 3 aromatic rings. The summed E-state index contributed by atoms with van der Waals surface area (Å²) in [5, 5.41) is 3.50. The maximum Gasteiger partial charge on any atom is 0.243 e. The van der Waals surface area contributed by atoms with Crippen LogP contribution in [-0.4, -0.2) is 42.6 Å². The van der Waals surface area contributed by atoms with E-state index in [1.807, 2.05) is 0 Å². The average Bonchev–Trinajstić information content (AvgIpc) is 3.14. The lowest BCUT2D eigenvalue weighted by Crippen LogP contribution is -2.42. The Balaban J connectivity index is 1.42. The summed E-state index contributed by atoms with van der Waals surface area (Å²) < 4.78 is 56.1. The number of nitrogens with one attached hydrogen (secondary N) is 1. The van der Waals surface area contributed by atoms with E-state index in [0.29, 0.717) is 31.1 Å². The van der Waals surface area contributed by atoms with E-state index in [0.717, 1.165) is 27.0 Å². The molecule has 1 fully saturated rings. The molecule has 0 saturated carbocycles. The van der Waals surface area contributed by atoms with Crippen LogP contribution in [0.4, 0.5) is 19.7 Å². The number of halogens is 3. The predicted octanol–water partition coefficient (Wildman–Crippen LogP) is 4.10. The molecule has 12 heteroatoms. The molecule has 0 unspecified atom stereocenters. The second kappa shape index (κ2) is 9.60. The van der Waals surface area contributed by atoms with Crippen LogP contribution < -0.4 is 11.1 Å². The predicted molar refractivity (Wildman–Crippen MR) is 131 cm³/mol. The number of thiazole rings is 1. The van der Waals surface area contributed by atoms with Crippen molar-refractivity contribution in [3.05, 3.63) is 68.1 Å². The zero-order valence-corrected chi connectivity index (χ0v) is 20.9. The van der Waals surface area contributed by atoms with Gasteiger partial charge < -0.3 is 11.1 Å². The SMILES string of the molecule is Nc1nc(NC2CCN(S(=O)(=O)c3ccc(I)cc3)CC2)sc1C(=O)c1c(F)cccc1F. The van der Waals surface area contributed by atoms with Crippen LogP contribution in [0.15, 0.2) is 47.4 Å². The largest absolute Gasteiger partial charge is 0.382 e. The fourth-order valence-corrected chi connectivity index (χ4v) is 6.29. The minimum absolute atomic E-state index is 0.0553. The first-order valence-corrected chi connectivity index (χ1v) is 13.3. The molecule has 7 nitrogen and oxygen atoms in total. The lowest BCUT2D eigenvalue weighted by molar-refractivity contribution is 0.103. The van der Waals surface area contributed by atoms with Gasteiger partial charge in [0, 0.05) is 22.7 Å².